The van der Waals surface area contributed by atoms with E-state index in [1.54, 1.807) is 42.3 Å². The Morgan fingerprint density at radius 1 is 0.881 bits per heavy atom. The standard InChI is InChI=1S/C32H34N4O6/c1-35(2)14-5-15-36(3)31(38)20-6-10-23(11-7-20)33-29(21-9-13-26-27(19-21)42-17-16-41-26)28-24-12-8-22(32(39)40-4)18-25(24)34-30(28)37/h6-13,18-19,33H,5,14-17H2,1-4H3,(H,34,37)/b29-28-. The fraction of sp³-hybridized carbons (Fsp3) is 0.281. The van der Waals surface area contributed by atoms with Gasteiger partial charge in [0.1, 0.15) is 13.2 Å². The van der Waals surface area contributed by atoms with Gasteiger partial charge in [0, 0.05) is 36.0 Å². The number of hydrogen-bond donors (Lipinski definition) is 2. The molecule has 0 bridgehead atoms. The Kier molecular flexibility index (Phi) is 8.44. The van der Waals surface area contributed by atoms with Crippen LogP contribution in [0.3, 0.4) is 0 Å². The molecule has 10 heteroatoms. The van der Waals surface area contributed by atoms with E-state index in [0.717, 1.165) is 13.0 Å². The molecule has 3 aromatic rings. The number of carbonyl (C=O) groups is 3. The van der Waals surface area contributed by atoms with Crippen LogP contribution in [0.4, 0.5) is 11.4 Å². The molecule has 0 saturated heterocycles. The van der Waals surface area contributed by atoms with Gasteiger partial charge in [-0.05, 0) is 81.7 Å². The molecule has 5 rings (SSSR count). The molecule has 2 heterocycles. The molecule has 2 aliphatic heterocycles. The molecule has 218 valence electrons. The summed E-state index contributed by atoms with van der Waals surface area (Å²) >= 11 is 0. The van der Waals surface area contributed by atoms with Gasteiger partial charge in [0.15, 0.2) is 11.5 Å². The summed E-state index contributed by atoms with van der Waals surface area (Å²) in [5.41, 5.74) is 4.37. The predicted molar refractivity (Wildman–Crippen MR) is 161 cm³/mol. The molecule has 3 aromatic carbocycles. The van der Waals surface area contributed by atoms with Crippen molar-refractivity contribution < 1.29 is 28.6 Å². The van der Waals surface area contributed by atoms with E-state index in [1.807, 2.05) is 44.4 Å². The van der Waals surface area contributed by atoms with Crippen molar-refractivity contribution in [2.75, 3.05) is 65.2 Å². The highest BCUT2D eigenvalue weighted by Crippen LogP contribution is 2.40. The Labute approximate surface area is 244 Å². The molecule has 2 amide bonds. The molecule has 0 spiro atoms. The summed E-state index contributed by atoms with van der Waals surface area (Å²) in [6.07, 6.45) is 0.881. The highest BCUT2D eigenvalue weighted by atomic mass is 16.6. The van der Waals surface area contributed by atoms with E-state index in [2.05, 4.69) is 15.5 Å². The molecule has 10 nitrogen and oxygen atoms in total. The Morgan fingerprint density at radius 3 is 2.29 bits per heavy atom. The normalized spacial score (nSPS) is 14.6. The number of rotatable bonds is 9. The first-order valence-corrected chi connectivity index (χ1v) is 13.7. The number of nitrogens with zero attached hydrogens (tertiary/aromatic N) is 2. The van der Waals surface area contributed by atoms with Crippen LogP contribution in [0.1, 0.15) is 38.3 Å². The van der Waals surface area contributed by atoms with Crippen LogP contribution < -0.4 is 20.1 Å². The van der Waals surface area contributed by atoms with Crippen LogP contribution in [0.15, 0.2) is 60.7 Å². The van der Waals surface area contributed by atoms with E-state index >= 15 is 0 Å². The summed E-state index contributed by atoms with van der Waals surface area (Å²) in [6.45, 7) is 2.45. The highest BCUT2D eigenvalue weighted by molar-refractivity contribution is 6.37. The van der Waals surface area contributed by atoms with Crippen molar-refractivity contribution >= 4 is 40.4 Å². The molecular formula is C32H34N4O6. The van der Waals surface area contributed by atoms with Crippen molar-refractivity contribution in [3.63, 3.8) is 0 Å². The summed E-state index contributed by atoms with van der Waals surface area (Å²) in [6, 6.07) is 17.6. The lowest BCUT2D eigenvalue weighted by atomic mass is 9.98. The Hall–Kier alpha value is -4.83. The van der Waals surface area contributed by atoms with Crippen molar-refractivity contribution in [2.45, 2.75) is 6.42 Å². The second-order valence-electron chi connectivity index (χ2n) is 10.4. The minimum atomic E-state index is -0.493. The largest absolute Gasteiger partial charge is 0.486 e. The SMILES string of the molecule is COC(=O)c1ccc2c(c1)NC(=O)/C2=C(\Nc1ccc(C(=O)N(C)CCCN(C)C)cc1)c1ccc2c(c1)OCCO2. The zero-order valence-electron chi connectivity index (χ0n) is 24.2. The number of fused-ring (bicyclic) bond motifs is 2. The van der Waals surface area contributed by atoms with Crippen LogP contribution in [0.25, 0.3) is 11.3 Å². The number of amides is 2. The van der Waals surface area contributed by atoms with E-state index in [0.29, 0.717) is 76.2 Å². The van der Waals surface area contributed by atoms with E-state index in [-0.39, 0.29) is 11.8 Å². The van der Waals surface area contributed by atoms with Crippen LogP contribution in [-0.4, -0.2) is 82.1 Å². The number of nitrogens with one attached hydrogen (secondary N) is 2. The van der Waals surface area contributed by atoms with Crippen molar-refractivity contribution in [2.24, 2.45) is 0 Å². The maximum absolute atomic E-state index is 13.4. The minimum absolute atomic E-state index is 0.0590. The van der Waals surface area contributed by atoms with Crippen molar-refractivity contribution in [1.82, 2.24) is 9.80 Å². The fourth-order valence-electron chi connectivity index (χ4n) is 4.93. The van der Waals surface area contributed by atoms with Crippen LogP contribution >= 0.6 is 0 Å². The summed E-state index contributed by atoms with van der Waals surface area (Å²) < 4.78 is 16.3. The molecule has 2 aliphatic rings. The number of benzene rings is 3. The van der Waals surface area contributed by atoms with Gasteiger partial charge in [-0.25, -0.2) is 4.79 Å². The van der Waals surface area contributed by atoms with Gasteiger partial charge in [0.05, 0.1) is 29.6 Å². The van der Waals surface area contributed by atoms with E-state index in [1.165, 1.54) is 7.11 Å². The topological polar surface area (TPSA) is 109 Å². The van der Waals surface area contributed by atoms with Crippen LogP contribution in [0.5, 0.6) is 11.5 Å². The number of methoxy groups -OCH3 is 1. The number of ether oxygens (including phenoxy) is 3. The lowest BCUT2D eigenvalue weighted by Crippen LogP contribution is -2.29. The Bertz CT molecular complexity index is 1550. The summed E-state index contributed by atoms with van der Waals surface area (Å²) in [5, 5.41) is 6.28. The summed E-state index contributed by atoms with van der Waals surface area (Å²) in [5.74, 6) is 0.335. The summed E-state index contributed by atoms with van der Waals surface area (Å²) in [7, 11) is 7.13. The third kappa shape index (κ3) is 6.08. The zero-order chi connectivity index (χ0) is 29.8. The molecule has 0 fully saturated rings. The smallest absolute Gasteiger partial charge is 0.337 e. The minimum Gasteiger partial charge on any atom is -0.486 e. The zero-order valence-corrected chi connectivity index (χ0v) is 24.2. The van der Waals surface area contributed by atoms with Crippen LogP contribution in [-0.2, 0) is 9.53 Å². The number of carbonyl (C=O) groups excluding carboxylic acids is 3. The van der Waals surface area contributed by atoms with Gasteiger partial charge < -0.3 is 34.6 Å². The molecule has 42 heavy (non-hydrogen) atoms. The quantitative estimate of drug-likeness (QED) is 0.291. The van der Waals surface area contributed by atoms with Crippen molar-refractivity contribution in [3.05, 3.63) is 82.9 Å². The molecule has 0 unspecified atom stereocenters. The van der Waals surface area contributed by atoms with Gasteiger partial charge >= 0.3 is 5.97 Å². The molecule has 0 aliphatic carbocycles. The average Bonchev–Trinajstić information content (AvgIpc) is 3.33. The first-order chi connectivity index (χ1) is 20.2. The second kappa shape index (κ2) is 12.4. The Morgan fingerprint density at radius 2 is 1.57 bits per heavy atom. The third-order valence-electron chi connectivity index (χ3n) is 7.11. The molecule has 2 N–H and O–H groups in total. The predicted octanol–water partition coefficient (Wildman–Crippen LogP) is 4.20. The van der Waals surface area contributed by atoms with Crippen LogP contribution in [0, 0.1) is 0 Å². The lowest BCUT2D eigenvalue weighted by molar-refractivity contribution is -0.110. The monoisotopic (exact) mass is 570 g/mol. The van der Waals surface area contributed by atoms with Gasteiger partial charge in [0.2, 0.25) is 0 Å². The number of anilines is 2. The summed E-state index contributed by atoms with van der Waals surface area (Å²) in [4.78, 5) is 42.3. The maximum Gasteiger partial charge on any atom is 0.337 e. The highest BCUT2D eigenvalue weighted by Gasteiger charge is 2.30. The lowest BCUT2D eigenvalue weighted by Gasteiger charge is -2.21. The Balaban J connectivity index is 1.49. The molecule has 0 radical (unpaired) electrons. The van der Waals surface area contributed by atoms with Crippen LogP contribution in [0.2, 0.25) is 0 Å². The number of esters is 1. The van der Waals surface area contributed by atoms with E-state index in [9.17, 15) is 14.4 Å². The molecule has 0 saturated carbocycles. The van der Waals surface area contributed by atoms with Crippen molar-refractivity contribution in [1.29, 1.82) is 0 Å². The molecular weight excluding hydrogens is 536 g/mol. The van der Waals surface area contributed by atoms with E-state index in [4.69, 9.17) is 14.2 Å². The van der Waals surface area contributed by atoms with E-state index < -0.39 is 5.97 Å². The van der Waals surface area contributed by atoms with Gasteiger partial charge in [0.25, 0.3) is 11.8 Å². The second-order valence-corrected chi connectivity index (χ2v) is 10.4. The fourth-order valence-corrected chi connectivity index (χ4v) is 4.93. The number of hydrogen-bond acceptors (Lipinski definition) is 8. The van der Waals surface area contributed by atoms with Gasteiger partial charge in [-0.3, -0.25) is 9.59 Å². The van der Waals surface area contributed by atoms with Crippen molar-refractivity contribution in [3.8, 4) is 11.5 Å². The average molecular weight is 571 g/mol. The third-order valence-corrected chi connectivity index (χ3v) is 7.11. The van der Waals surface area contributed by atoms with Gasteiger partial charge in [-0.1, -0.05) is 6.07 Å². The van der Waals surface area contributed by atoms with Gasteiger partial charge in [-0.15, -0.1) is 0 Å². The van der Waals surface area contributed by atoms with Gasteiger partial charge in [-0.2, -0.15) is 0 Å². The first kappa shape index (κ1) is 28.7. The molecule has 0 aromatic heterocycles. The first-order valence-electron chi connectivity index (χ1n) is 13.7. The molecule has 0 atom stereocenters. The maximum atomic E-state index is 13.4.